The zero-order valence-corrected chi connectivity index (χ0v) is 14.7. The summed E-state index contributed by atoms with van der Waals surface area (Å²) in [5.74, 6) is 1.64. The lowest BCUT2D eigenvalue weighted by Crippen LogP contribution is -2.49. The Labute approximate surface area is 140 Å². The van der Waals surface area contributed by atoms with E-state index in [1.54, 1.807) is 5.57 Å². The van der Waals surface area contributed by atoms with Gasteiger partial charge >= 0.3 is 0 Å². The second kappa shape index (κ2) is 5.31. The van der Waals surface area contributed by atoms with Crippen molar-refractivity contribution in [3.05, 3.63) is 22.8 Å². The van der Waals surface area contributed by atoms with Gasteiger partial charge in [0.25, 0.3) is 0 Å². The molecule has 4 aliphatic rings. The minimum Gasteiger partial charge on any atom is -0.389 e. The van der Waals surface area contributed by atoms with Crippen molar-refractivity contribution in [2.45, 2.75) is 83.7 Å². The molecular formula is C21H30O2. The summed E-state index contributed by atoms with van der Waals surface area (Å²) in [5.41, 5.74) is 4.20. The number of fused-ring (bicyclic) bond motifs is 4. The van der Waals surface area contributed by atoms with Gasteiger partial charge in [0.1, 0.15) is 0 Å². The summed E-state index contributed by atoms with van der Waals surface area (Å²) in [5, 5.41) is 11.3. The Morgan fingerprint density at radius 1 is 1.17 bits per heavy atom. The van der Waals surface area contributed by atoms with Gasteiger partial charge in [0, 0.05) is 6.42 Å². The highest BCUT2D eigenvalue weighted by Gasteiger charge is 2.60. The molecule has 2 nitrogen and oxygen atoms in total. The predicted octanol–water partition coefficient (Wildman–Crippen LogP) is 4.72. The Hall–Kier alpha value is -0.890. The molecule has 0 saturated heterocycles. The predicted molar refractivity (Wildman–Crippen MR) is 92.0 cm³/mol. The van der Waals surface area contributed by atoms with Crippen LogP contribution in [0.3, 0.4) is 0 Å². The molecule has 0 aromatic carbocycles. The molecule has 0 amide bonds. The average Bonchev–Trinajstić information content (AvgIpc) is 2.79. The quantitative estimate of drug-likeness (QED) is 0.800. The van der Waals surface area contributed by atoms with E-state index in [1.807, 2.05) is 6.08 Å². The number of carbonyl (C=O) groups is 1. The van der Waals surface area contributed by atoms with Crippen molar-refractivity contribution in [1.82, 2.24) is 0 Å². The van der Waals surface area contributed by atoms with Gasteiger partial charge in [0.15, 0.2) is 5.78 Å². The van der Waals surface area contributed by atoms with Gasteiger partial charge in [-0.2, -0.15) is 0 Å². The van der Waals surface area contributed by atoms with Gasteiger partial charge in [-0.15, -0.1) is 0 Å². The third-order valence-electron chi connectivity index (χ3n) is 7.72. The van der Waals surface area contributed by atoms with E-state index in [9.17, 15) is 9.90 Å². The first-order valence-corrected chi connectivity index (χ1v) is 9.66. The summed E-state index contributed by atoms with van der Waals surface area (Å²) in [7, 11) is 0. The molecule has 2 fully saturated rings. The monoisotopic (exact) mass is 314 g/mol. The lowest BCUT2D eigenvalue weighted by molar-refractivity contribution is -0.114. The zero-order chi connectivity index (χ0) is 16.2. The summed E-state index contributed by atoms with van der Waals surface area (Å²) >= 11 is 0. The van der Waals surface area contributed by atoms with Crippen molar-refractivity contribution in [2.75, 3.05) is 0 Å². The normalized spacial score (nSPS) is 42.9. The minimum absolute atomic E-state index is 0.101. The lowest BCUT2D eigenvalue weighted by Gasteiger charge is -2.52. The highest BCUT2D eigenvalue weighted by molar-refractivity contribution is 5.93. The van der Waals surface area contributed by atoms with E-state index in [2.05, 4.69) is 13.8 Å². The van der Waals surface area contributed by atoms with Crippen LogP contribution in [-0.4, -0.2) is 16.5 Å². The molecule has 0 unspecified atom stereocenters. The van der Waals surface area contributed by atoms with E-state index in [4.69, 9.17) is 0 Å². The Morgan fingerprint density at radius 2 is 2.00 bits per heavy atom. The van der Waals surface area contributed by atoms with E-state index in [0.29, 0.717) is 24.0 Å². The van der Waals surface area contributed by atoms with Gasteiger partial charge in [-0.3, -0.25) is 4.79 Å². The molecule has 4 rings (SSSR count). The third kappa shape index (κ3) is 2.13. The molecule has 4 aliphatic carbocycles. The van der Waals surface area contributed by atoms with Gasteiger partial charge in [-0.25, -0.2) is 0 Å². The molecule has 2 saturated carbocycles. The van der Waals surface area contributed by atoms with E-state index < -0.39 is 5.60 Å². The molecule has 0 bridgehead atoms. The molecule has 4 atom stereocenters. The first kappa shape index (κ1) is 15.6. The maximum Gasteiger partial charge on any atom is 0.156 e. The van der Waals surface area contributed by atoms with Crippen LogP contribution in [-0.2, 0) is 4.79 Å². The standard InChI is InChI=1S/C21H30O2/c1-3-10-21(23)12-9-19-18-6-4-14-13-15(22)5-7-16(14)17(18)8-11-20(19,21)2/h13,18-19,23H,3-12H2,1-2H3/t18-,19+,20+,21+/m1/s1. The van der Waals surface area contributed by atoms with E-state index >= 15 is 0 Å². The molecule has 0 heterocycles. The zero-order valence-electron chi connectivity index (χ0n) is 14.7. The lowest BCUT2D eigenvalue weighted by atomic mass is 9.54. The van der Waals surface area contributed by atoms with Gasteiger partial charge < -0.3 is 5.11 Å². The van der Waals surface area contributed by atoms with E-state index in [1.165, 1.54) is 24.0 Å². The number of hydrogen-bond acceptors (Lipinski definition) is 2. The minimum atomic E-state index is -0.443. The Kier molecular flexibility index (Phi) is 3.61. The van der Waals surface area contributed by atoms with Crippen molar-refractivity contribution < 1.29 is 9.90 Å². The second-order valence-corrected chi connectivity index (χ2v) is 8.63. The van der Waals surface area contributed by atoms with Crippen LogP contribution in [0, 0.1) is 17.3 Å². The molecule has 0 aromatic heterocycles. The fourth-order valence-corrected chi connectivity index (χ4v) is 6.47. The van der Waals surface area contributed by atoms with Crippen LogP contribution in [0.4, 0.5) is 0 Å². The molecule has 0 aliphatic heterocycles. The van der Waals surface area contributed by atoms with Crippen molar-refractivity contribution in [3.63, 3.8) is 0 Å². The van der Waals surface area contributed by atoms with Crippen LogP contribution in [0.15, 0.2) is 22.8 Å². The number of carbonyl (C=O) groups excluding carboxylic acids is 1. The van der Waals surface area contributed by atoms with Gasteiger partial charge in [-0.1, -0.05) is 25.8 Å². The van der Waals surface area contributed by atoms with Crippen LogP contribution in [0.2, 0.25) is 0 Å². The molecule has 2 heteroatoms. The number of ketones is 1. The summed E-state index contributed by atoms with van der Waals surface area (Å²) in [4.78, 5) is 11.7. The van der Waals surface area contributed by atoms with E-state index in [0.717, 1.165) is 44.9 Å². The van der Waals surface area contributed by atoms with Crippen molar-refractivity contribution in [2.24, 2.45) is 17.3 Å². The topological polar surface area (TPSA) is 37.3 Å². The highest BCUT2D eigenvalue weighted by atomic mass is 16.3. The van der Waals surface area contributed by atoms with Crippen LogP contribution in [0.25, 0.3) is 0 Å². The smallest absolute Gasteiger partial charge is 0.156 e. The molecule has 0 radical (unpaired) electrons. The molecule has 1 N–H and O–H groups in total. The van der Waals surface area contributed by atoms with Crippen LogP contribution < -0.4 is 0 Å². The molecule has 0 aromatic rings. The van der Waals surface area contributed by atoms with Gasteiger partial charge in [0.05, 0.1) is 5.60 Å². The Morgan fingerprint density at radius 3 is 2.78 bits per heavy atom. The highest BCUT2D eigenvalue weighted by Crippen LogP contribution is 2.64. The first-order valence-electron chi connectivity index (χ1n) is 9.66. The van der Waals surface area contributed by atoms with Crippen molar-refractivity contribution in [3.8, 4) is 0 Å². The maximum atomic E-state index is 11.7. The Balaban J connectivity index is 1.70. The molecule has 23 heavy (non-hydrogen) atoms. The fraction of sp³-hybridized carbons (Fsp3) is 0.762. The van der Waals surface area contributed by atoms with Crippen LogP contribution in [0.1, 0.15) is 78.1 Å². The number of rotatable bonds is 2. The number of hydrogen-bond donors (Lipinski definition) is 1. The SMILES string of the molecule is CCC[C@]1(O)CC[C@H]2[C@@H]3CCC4=CC(=O)CCC4=C3CC[C@@]21C. The maximum absolute atomic E-state index is 11.7. The third-order valence-corrected chi connectivity index (χ3v) is 7.72. The van der Waals surface area contributed by atoms with Gasteiger partial charge in [-0.05, 0) is 85.8 Å². The summed E-state index contributed by atoms with van der Waals surface area (Å²) in [6, 6.07) is 0. The van der Waals surface area contributed by atoms with Crippen LogP contribution >= 0.6 is 0 Å². The first-order chi connectivity index (χ1) is 11.0. The second-order valence-electron chi connectivity index (χ2n) is 8.63. The Bertz CT molecular complexity index is 599. The van der Waals surface area contributed by atoms with Crippen molar-refractivity contribution >= 4 is 5.78 Å². The molecular weight excluding hydrogens is 284 g/mol. The summed E-state index contributed by atoms with van der Waals surface area (Å²) in [6.07, 6.45) is 12.4. The number of allylic oxidation sites excluding steroid dienone is 4. The summed E-state index contributed by atoms with van der Waals surface area (Å²) in [6.45, 7) is 4.57. The average molecular weight is 314 g/mol. The number of aliphatic hydroxyl groups is 1. The van der Waals surface area contributed by atoms with Crippen LogP contribution in [0.5, 0.6) is 0 Å². The van der Waals surface area contributed by atoms with Crippen molar-refractivity contribution in [1.29, 1.82) is 0 Å². The molecule has 126 valence electrons. The van der Waals surface area contributed by atoms with Gasteiger partial charge in [0.2, 0.25) is 0 Å². The molecule has 0 spiro atoms. The summed E-state index contributed by atoms with van der Waals surface area (Å²) < 4.78 is 0. The fourth-order valence-electron chi connectivity index (χ4n) is 6.47. The largest absolute Gasteiger partial charge is 0.389 e. The van der Waals surface area contributed by atoms with E-state index in [-0.39, 0.29) is 5.41 Å².